The molecule has 0 radical (unpaired) electrons. The third-order valence-corrected chi connectivity index (χ3v) is 2.77. The maximum Gasteiger partial charge on any atom is 0.145 e. The van der Waals surface area contributed by atoms with Gasteiger partial charge in [-0.1, -0.05) is 11.6 Å². The lowest BCUT2D eigenvalue weighted by Crippen LogP contribution is -1.91. The number of fused-ring (bicyclic) bond motifs is 1. The molecule has 72 valence electrons. The minimum Gasteiger partial charge on any atom is -0.384 e. The third kappa shape index (κ3) is 1.44. The lowest BCUT2D eigenvalue weighted by Gasteiger charge is -2.04. The fraction of sp³-hybridized carbons (Fsp3) is 0. The van der Waals surface area contributed by atoms with Crippen LogP contribution in [0.2, 0.25) is 5.02 Å². The first-order valence-electron chi connectivity index (χ1n) is 3.78. The van der Waals surface area contributed by atoms with E-state index >= 15 is 0 Å². The van der Waals surface area contributed by atoms with Gasteiger partial charge in [0.1, 0.15) is 11.6 Å². The second kappa shape index (κ2) is 3.37. The largest absolute Gasteiger partial charge is 0.384 e. The van der Waals surface area contributed by atoms with Crippen molar-refractivity contribution in [1.29, 1.82) is 0 Å². The Morgan fingerprint density at radius 2 is 2.07 bits per heavy atom. The summed E-state index contributed by atoms with van der Waals surface area (Å²) in [5.41, 5.74) is 5.46. The van der Waals surface area contributed by atoms with Crippen LogP contribution in [0.4, 0.5) is 10.2 Å². The van der Waals surface area contributed by atoms with Crippen LogP contribution >= 0.6 is 27.5 Å². The van der Waals surface area contributed by atoms with E-state index in [2.05, 4.69) is 20.9 Å². The second-order valence-corrected chi connectivity index (χ2v) is 4.07. The maximum atomic E-state index is 13.6. The molecule has 2 rings (SSSR count). The minimum absolute atomic E-state index is 0.269. The number of nitrogen functional groups attached to an aromatic ring is 1. The number of nitrogens with two attached hydrogens (primary N) is 1. The second-order valence-electron chi connectivity index (χ2n) is 2.81. The van der Waals surface area contributed by atoms with Crippen molar-refractivity contribution in [2.75, 3.05) is 5.73 Å². The Morgan fingerprint density at radius 3 is 2.79 bits per heavy atom. The lowest BCUT2D eigenvalue weighted by molar-refractivity contribution is 0.633. The van der Waals surface area contributed by atoms with Gasteiger partial charge in [0, 0.05) is 17.0 Å². The predicted molar refractivity (Wildman–Crippen MR) is 58.8 cm³/mol. The van der Waals surface area contributed by atoms with Gasteiger partial charge in [-0.3, -0.25) is 0 Å². The van der Waals surface area contributed by atoms with Crippen molar-refractivity contribution >= 4 is 44.1 Å². The molecule has 0 aliphatic rings. The summed E-state index contributed by atoms with van der Waals surface area (Å²) in [6.07, 6.45) is 1.46. The van der Waals surface area contributed by atoms with Crippen molar-refractivity contribution in [3.63, 3.8) is 0 Å². The van der Waals surface area contributed by atoms with E-state index in [1.165, 1.54) is 18.3 Å². The van der Waals surface area contributed by atoms with E-state index in [-0.39, 0.29) is 11.6 Å². The van der Waals surface area contributed by atoms with Crippen LogP contribution in [0.15, 0.2) is 22.8 Å². The van der Waals surface area contributed by atoms with Crippen LogP contribution < -0.4 is 5.73 Å². The average Bonchev–Trinajstić information content (AvgIpc) is 2.14. The van der Waals surface area contributed by atoms with E-state index in [1.807, 2.05) is 0 Å². The highest BCUT2D eigenvalue weighted by molar-refractivity contribution is 9.10. The van der Waals surface area contributed by atoms with Crippen LogP contribution in [0.3, 0.4) is 0 Å². The zero-order chi connectivity index (χ0) is 10.3. The molecule has 0 saturated carbocycles. The summed E-state index contributed by atoms with van der Waals surface area (Å²) in [6, 6.07) is 2.96. The van der Waals surface area contributed by atoms with Crippen LogP contribution in [0, 0.1) is 5.82 Å². The van der Waals surface area contributed by atoms with E-state index in [9.17, 15) is 4.39 Å². The number of rotatable bonds is 0. The summed E-state index contributed by atoms with van der Waals surface area (Å²) in [5, 5.41) is 1.37. The number of hydrogen-bond acceptors (Lipinski definition) is 2. The summed E-state index contributed by atoms with van der Waals surface area (Å²) >= 11 is 8.98. The van der Waals surface area contributed by atoms with Crippen LogP contribution in [0.25, 0.3) is 10.8 Å². The van der Waals surface area contributed by atoms with Gasteiger partial charge in [-0.05, 0) is 28.1 Å². The predicted octanol–water partition coefficient (Wildman–Crippen LogP) is 3.37. The highest BCUT2D eigenvalue weighted by Gasteiger charge is 2.09. The van der Waals surface area contributed by atoms with E-state index in [0.717, 1.165) is 0 Å². The standard InChI is InChI=1S/C9H5BrClFN2/c10-6-2-7(11)5-3-14-8(13)1-4(5)9(6)12/h1-3H,(H2,13,14). The Balaban J connectivity index is 2.95. The van der Waals surface area contributed by atoms with E-state index < -0.39 is 0 Å². The molecule has 0 aliphatic carbocycles. The molecule has 0 spiro atoms. The quantitative estimate of drug-likeness (QED) is 0.749. The molecule has 2 N–H and O–H groups in total. The zero-order valence-electron chi connectivity index (χ0n) is 6.89. The highest BCUT2D eigenvalue weighted by atomic mass is 79.9. The van der Waals surface area contributed by atoms with E-state index in [0.29, 0.717) is 20.3 Å². The zero-order valence-corrected chi connectivity index (χ0v) is 9.23. The molecule has 0 unspecified atom stereocenters. The molecule has 0 saturated heterocycles. The number of aromatic nitrogens is 1. The summed E-state index contributed by atoms with van der Waals surface area (Å²) < 4.78 is 13.9. The highest BCUT2D eigenvalue weighted by Crippen LogP contribution is 2.31. The topological polar surface area (TPSA) is 38.9 Å². The molecule has 2 aromatic rings. The van der Waals surface area contributed by atoms with Crippen molar-refractivity contribution in [1.82, 2.24) is 4.98 Å². The van der Waals surface area contributed by atoms with Crippen LogP contribution in [0.1, 0.15) is 0 Å². The smallest absolute Gasteiger partial charge is 0.145 e. The van der Waals surface area contributed by atoms with Gasteiger partial charge in [-0.15, -0.1) is 0 Å². The molecule has 1 heterocycles. The Hall–Kier alpha value is -0.870. The number of halogens is 3. The van der Waals surface area contributed by atoms with Gasteiger partial charge in [-0.2, -0.15) is 0 Å². The van der Waals surface area contributed by atoms with Gasteiger partial charge < -0.3 is 5.73 Å². The Labute approximate surface area is 93.0 Å². The molecule has 0 bridgehead atoms. The molecular weight excluding hydrogens is 270 g/mol. The van der Waals surface area contributed by atoms with Gasteiger partial charge in [0.25, 0.3) is 0 Å². The Morgan fingerprint density at radius 1 is 1.36 bits per heavy atom. The summed E-state index contributed by atoms with van der Waals surface area (Å²) in [4.78, 5) is 3.85. The molecule has 0 atom stereocenters. The summed E-state index contributed by atoms with van der Waals surface area (Å²) in [6.45, 7) is 0. The van der Waals surface area contributed by atoms with Gasteiger partial charge >= 0.3 is 0 Å². The average molecular weight is 276 g/mol. The Bertz CT molecular complexity index is 516. The fourth-order valence-electron chi connectivity index (χ4n) is 1.22. The maximum absolute atomic E-state index is 13.6. The van der Waals surface area contributed by atoms with Gasteiger partial charge in [-0.25, -0.2) is 9.37 Å². The molecule has 1 aromatic carbocycles. The first-order chi connectivity index (χ1) is 6.59. The van der Waals surface area contributed by atoms with E-state index in [1.54, 1.807) is 0 Å². The van der Waals surface area contributed by atoms with Gasteiger partial charge in [0.2, 0.25) is 0 Å². The monoisotopic (exact) mass is 274 g/mol. The number of nitrogens with zero attached hydrogens (tertiary/aromatic N) is 1. The SMILES string of the molecule is Nc1cc2c(F)c(Br)cc(Cl)c2cn1. The fourth-order valence-corrected chi connectivity index (χ4v) is 2.06. The summed E-state index contributed by atoms with van der Waals surface area (Å²) in [7, 11) is 0. The minimum atomic E-state index is -0.376. The molecule has 5 heteroatoms. The molecule has 14 heavy (non-hydrogen) atoms. The number of benzene rings is 1. The van der Waals surface area contributed by atoms with Crippen molar-refractivity contribution in [3.8, 4) is 0 Å². The first-order valence-corrected chi connectivity index (χ1v) is 4.95. The van der Waals surface area contributed by atoms with E-state index in [4.69, 9.17) is 17.3 Å². The summed E-state index contributed by atoms with van der Waals surface area (Å²) in [5.74, 6) is -0.107. The van der Waals surface area contributed by atoms with Crippen molar-refractivity contribution < 1.29 is 4.39 Å². The van der Waals surface area contributed by atoms with Gasteiger partial charge in [0.15, 0.2) is 0 Å². The number of pyridine rings is 1. The first kappa shape index (κ1) is 9.68. The van der Waals surface area contributed by atoms with Crippen LogP contribution in [0.5, 0.6) is 0 Å². The van der Waals surface area contributed by atoms with Crippen molar-refractivity contribution in [3.05, 3.63) is 33.6 Å². The van der Waals surface area contributed by atoms with Crippen LogP contribution in [-0.4, -0.2) is 4.98 Å². The molecule has 2 nitrogen and oxygen atoms in total. The number of hydrogen-bond donors (Lipinski definition) is 1. The van der Waals surface area contributed by atoms with Crippen molar-refractivity contribution in [2.24, 2.45) is 0 Å². The Kier molecular flexibility index (Phi) is 2.33. The lowest BCUT2D eigenvalue weighted by atomic mass is 10.1. The van der Waals surface area contributed by atoms with Gasteiger partial charge in [0.05, 0.1) is 9.50 Å². The number of anilines is 1. The van der Waals surface area contributed by atoms with Crippen molar-refractivity contribution in [2.45, 2.75) is 0 Å². The molecular formula is C9H5BrClFN2. The molecule has 0 fully saturated rings. The van der Waals surface area contributed by atoms with Crippen LogP contribution in [-0.2, 0) is 0 Å². The molecule has 0 aliphatic heterocycles. The normalized spacial score (nSPS) is 10.8. The molecule has 1 aromatic heterocycles. The third-order valence-electron chi connectivity index (χ3n) is 1.88. The molecule has 0 amide bonds.